The number of alkyl carbamates (subject to hydrolysis) is 1. The summed E-state index contributed by atoms with van der Waals surface area (Å²) in [5.41, 5.74) is 1.39. The summed E-state index contributed by atoms with van der Waals surface area (Å²) in [7, 11) is 1.25. The van der Waals surface area contributed by atoms with Gasteiger partial charge in [0, 0.05) is 11.3 Å². The number of nitrogens with one attached hydrogen (secondary N) is 3. The lowest BCUT2D eigenvalue weighted by molar-refractivity contribution is 0.177. The largest absolute Gasteiger partial charge is 0.463 e. The molecule has 0 spiro atoms. The van der Waals surface area contributed by atoms with Gasteiger partial charge >= 0.3 is 6.09 Å². The molecule has 0 fully saturated rings. The molecule has 0 aliphatic carbocycles. The Bertz CT molecular complexity index is 668. The van der Waals surface area contributed by atoms with Crippen molar-refractivity contribution in [2.45, 2.75) is 0 Å². The maximum Gasteiger partial charge on any atom is 0.413 e. The molecule has 1 aromatic heterocycles. The molecule has 6 nitrogen and oxygen atoms in total. The van der Waals surface area contributed by atoms with E-state index in [2.05, 4.69) is 15.4 Å². The Labute approximate surface area is 126 Å². The smallest absolute Gasteiger partial charge is 0.413 e. The highest BCUT2D eigenvalue weighted by Gasteiger charge is 2.13. The zero-order valence-corrected chi connectivity index (χ0v) is 12.0. The molecule has 0 saturated carbocycles. The van der Waals surface area contributed by atoms with Crippen LogP contribution in [-0.4, -0.2) is 24.0 Å². The lowest BCUT2D eigenvalue weighted by Crippen LogP contribution is -2.34. The van der Waals surface area contributed by atoms with Gasteiger partial charge in [-0.25, -0.2) is 4.79 Å². The summed E-state index contributed by atoms with van der Waals surface area (Å²) in [4.78, 5) is 11.1. The van der Waals surface area contributed by atoms with E-state index < -0.39 is 6.09 Å². The summed E-state index contributed by atoms with van der Waals surface area (Å²) in [5, 5.41) is 13.4. The first-order valence-electron chi connectivity index (χ1n) is 5.99. The molecule has 21 heavy (non-hydrogen) atoms. The predicted octanol–water partition coefficient (Wildman–Crippen LogP) is 2.75. The van der Waals surface area contributed by atoms with Crippen LogP contribution in [0.15, 0.2) is 47.1 Å². The second-order valence-corrected chi connectivity index (χ2v) is 4.38. The molecule has 0 radical (unpaired) electrons. The lowest BCUT2D eigenvalue weighted by Gasteiger charge is -2.12. The van der Waals surface area contributed by atoms with Gasteiger partial charge in [0.25, 0.3) is 0 Å². The highest BCUT2D eigenvalue weighted by atomic mass is 32.1. The van der Waals surface area contributed by atoms with E-state index in [0.717, 1.165) is 0 Å². The van der Waals surface area contributed by atoms with E-state index in [1.165, 1.54) is 13.4 Å². The molecule has 1 aromatic carbocycles. The fourth-order valence-corrected chi connectivity index (χ4v) is 1.85. The number of anilines is 1. The number of para-hydroxylation sites is 1. The number of hydrogen-bond acceptors (Lipinski definition) is 5. The maximum atomic E-state index is 11.1. The standard InChI is InChI=1S/C14H13N3O3S/c1-19-14(18)17-13(21)16-10-6-3-2-5-9(10)12(15)11-7-4-8-20-11/h2-8,15H,1H3,(H2,16,17,18,21). The van der Waals surface area contributed by atoms with Crippen LogP contribution in [-0.2, 0) is 4.74 Å². The molecule has 7 heteroatoms. The summed E-state index contributed by atoms with van der Waals surface area (Å²) >= 11 is 5.01. The van der Waals surface area contributed by atoms with Crippen molar-refractivity contribution < 1.29 is 13.9 Å². The predicted molar refractivity (Wildman–Crippen MR) is 82.8 cm³/mol. The average molecular weight is 303 g/mol. The molecule has 0 saturated heterocycles. The second-order valence-electron chi connectivity index (χ2n) is 3.97. The number of furan rings is 1. The van der Waals surface area contributed by atoms with Crippen LogP contribution in [0.1, 0.15) is 11.3 Å². The number of thiocarbonyl (C=S) groups is 1. The first kappa shape index (κ1) is 14.7. The van der Waals surface area contributed by atoms with Gasteiger partial charge in [-0.2, -0.15) is 0 Å². The molecule has 2 rings (SSSR count). The molecule has 0 bridgehead atoms. The van der Waals surface area contributed by atoms with Gasteiger partial charge in [0.15, 0.2) is 10.9 Å². The second kappa shape index (κ2) is 6.67. The summed E-state index contributed by atoms with van der Waals surface area (Å²) in [6.45, 7) is 0. The van der Waals surface area contributed by atoms with Gasteiger partial charge in [0.2, 0.25) is 0 Å². The lowest BCUT2D eigenvalue weighted by atomic mass is 10.1. The molecular formula is C14H13N3O3S. The molecule has 0 atom stereocenters. The number of benzene rings is 1. The third-order valence-electron chi connectivity index (χ3n) is 2.61. The van der Waals surface area contributed by atoms with E-state index in [4.69, 9.17) is 22.0 Å². The average Bonchev–Trinajstić information content (AvgIpc) is 3.01. The van der Waals surface area contributed by atoms with Crippen LogP contribution in [0.3, 0.4) is 0 Å². The molecule has 1 heterocycles. The summed E-state index contributed by atoms with van der Waals surface area (Å²) in [6, 6.07) is 10.5. The Kier molecular flexibility index (Phi) is 4.68. The van der Waals surface area contributed by atoms with Crippen LogP contribution in [0.4, 0.5) is 10.5 Å². The molecule has 0 unspecified atom stereocenters. The van der Waals surface area contributed by atoms with E-state index in [-0.39, 0.29) is 10.8 Å². The number of hydrogen-bond donors (Lipinski definition) is 3. The highest BCUT2D eigenvalue weighted by molar-refractivity contribution is 7.80. The van der Waals surface area contributed by atoms with Gasteiger partial charge in [-0.05, 0) is 30.4 Å². The number of carbonyl (C=O) groups is 1. The van der Waals surface area contributed by atoms with Crippen molar-refractivity contribution in [3.63, 3.8) is 0 Å². The quantitative estimate of drug-likeness (QED) is 0.599. The third-order valence-corrected chi connectivity index (χ3v) is 2.82. The number of carbonyl (C=O) groups excluding carboxylic acids is 1. The van der Waals surface area contributed by atoms with Crippen molar-refractivity contribution in [3.05, 3.63) is 54.0 Å². The van der Waals surface area contributed by atoms with Crippen LogP contribution in [0.5, 0.6) is 0 Å². The van der Waals surface area contributed by atoms with E-state index in [0.29, 0.717) is 17.0 Å². The SMILES string of the molecule is COC(=O)NC(=S)Nc1ccccc1C(=N)c1ccco1. The van der Waals surface area contributed by atoms with Gasteiger partial charge in [-0.15, -0.1) is 0 Å². The van der Waals surface area contributed by atoms with E-state index in [9.17, 15) is 4.79 Å². The minimum atomic E-state index is -0.661. The summed E-state index contributed by atoms with van der Waals surface area (Å²) in [6.07, 6.45) is 0.842. The zero-order valence-electron chi connectivity index (χ0n) is 11.2. The molecule has 3 N–H and O–H groups in total. The van der Waals surface area contributed by atoms with Crippen molar-refractivity contribution in [1.82, 2.24) is 5.32 Å². The Hall–Kier alpha value is -2.67. The number of methoxy groups -OCH3 is 1. The van der Waals surface area contributed by atoms with E-state index in [1.807, 2.05) is 0 Å². The zero-order chi connectivity index (χ0) is 15.2. The van der Waals surface area contributed by atoms with Gasteiger partial charge in [0.1, 0.15) is 5.71 Å². The number of amides is 1. The fourth-order valence-electron chi connectivity index (χ4n) is 1.66. The van der Waals surface area contributed by atoms with Crippen molar-refractivity contribution in [3.8, 4) is 0 Å². The Morgan fingerprint density at radius 3 is 2.71 bits per heavy atom. The topological polar surface area (TPSA) is 87.4 Å². The normalized spacial score (nSPS) is 9.76. The van der Waals surface area contributed by atoms with Crippen molar-refractivity contribution >= 4 is 34.8 Å². The Balaban J connectivity index is 2.19. The van der Waals surface area contributed by atoms with Crippen molar-refractivity contribution in [2.24, 2.45) is 0 Å². The number of ether oxygens (including phenoxy) is 1. The molecule has 0 aliphatic rings. The van der Waals surface area contributed by atoms with Crippen LogP contribution in [0, 0.1) is 5.41 Å². The van der Waals surface area contributed by atoms with E-state index in [1.54, 1.807) is 36.4 Å². The Morgan fingerprint density at radius 1 is 1.29 bits per heavy atom. The highest BCUT2D eigenvalue weighted by Crippen LogP contribution is 2.19. The minimum Gasteiger partial charge on any atom is -0.463 e. The summed E-state index contributed by atoms with van der Waals surface area (Å²) < 4.78 is 9.68. The molecule has 1 amide bonds. The first-order valence-corrected chi connectivity index (χ1v) is 6.40. The van der Waals surface area contributed by atoms with Gasteiger partial charge in [0.05, 0.1) is 13.4 Å². The minimum absolute atomic E-state index is 0.0848. The molecular weight excluding hydrogens is 290 g/mol. The van der Waals surface area contributed by atoms with Crippen LogP contribution in [0.2, 0.25) is 0 Å². The van der Waals surface area contributed by atoms with Gasteiger partial charge in [-0.3, -0.25) is 10.7 Å². The van der Waals surface area contributed by atoms with Crippen LogP contribution in [0.25, 0.3) is 0 Å². The van der Waals surface area contributed by atoms with Crippen molar-refractivity contribution in [2.75, 3.05) is 12.4 Å². The van der Waals surface area contributed by atoms with Gasteiger partial charge in [-0.1, -0.05) is 18.2 Å². The maximum absolute atomic E-state index is 11.1. The van der Waals surface area contributed by atoms with Gasteiger partial charge < -0.3 is 14.5 Å². The molecule has 0 aliphatic heterocycles. The molecule has 108 valence electrons. The van der Waals surface area contributed by atoms with Crippen LogP contribution < -0.4 is 10.6 Å². The van der Waals surface area contributed by atoms with Crippen molar-refractivity contribution in [1.29, 1.82) is 5.41 Å². The van der Waals surface area contributed by atoms with E-state index >= 15 is 0 Å². The molecule has 2 aromatic rings. The third kappa shape index (κ3) is 3.67. The Morgan fingerprint density at radius 2 is 2.05 bits per heavy atom. The number of rotatable bonds is 3. The monoisotopic (exact) mass is 303 g/mol. The summed E-state index contributed by atoms with van der Waals surface area (Å²) in [5.74, 6) is 0.441. The van der Waals surface area contributed by atoms with Crippen LogP contribution >= 0.6 is 12.2 Å². The fraction of sp³-hybridized carbons (Fsp3) is 0.0714. The first-order chi connectivity index (χ1) is 10.1.